The van der Waals surface area contributed by atoms with Gasteiger partial charge < -0.3 is 9.30 Å². The van der Waals surface area contributed by atoms with Crippen molar-refractivity contribution in [2.75, 3.05) is 20.2 Å². The average molecular weight is 360 g/mol. The highest BCUT2D eigenvalue weighted by molar-refractivity contribution is 5.86. The lowest BCUT2D eigenvalue weighted by Gasteiger charge is -2.31. The number of nitrogens with zero attached hydrogens (tertiary/aromatic N) is 2. The van der Waals surface area contributed by atoms with Gasteiger partial charge in [0.2, 0.25) is 0 Å². The number of carbonyl (C=O) groups is 1. The standard InChI is InChI=1S/C23H24N2O2/c1-27-23(26)17-13-21-22-19(11-12-24(21)15-17)18-9-5-6-10-20(18)25(22)14-16-7-3-2-4-8-16/h2-10,17,21H,11-15H2,1H3/t17-,21-/m1/s1. The van der Waals surface area contributed by atoms with Crippen molar-refractivity contribution in [3.63, 3.8) is 0 Å². The largest absolute Gasteiger partial charge is 0.469 e. The molecular formula is C23H24N2O2. The Morgan fingerprint density at radius 1 is 1.11 bits per heavy atom. The molecule has 0 radical (unpaired) electrons. The zero-order valence-corrected chi connectivity index (χ0v) is 15.6. The van der Waals surface area contributed by atoms with Gasteiger partial charge in [-0.05, 0) is 30.0 Å². The van der Waals surface area contributed by atoms with E-state index >= 15 is 0 Å². The number of hydrogen-bond donors (Lipinski definition) is 0. The van der Waals surface area contributed by atoms with Crippen molar-refractivity contribution in [1.82, 2.24) is 9.47 Å². The van der Waals surface area contributed by atoms with Crippen LogP contribution in [0.25, 0.3) is 10.9 Å². The summed E-state index contributed by atoms with van der Waals surface area (Å²) in [5, 5.41) is 1.37. The predicted molar refractivity (Wildman–Crippen MR) is 106 cm³/mol. The Morgan fingerprint density at radius 2 is 1.89 bits per heavy atom. The third kappa shape index (κ3) is 2.67. The summed E-state index contributed by atoms with van der Waals surface area (Å²) >= 11 is 0. The smallest absolute Gasteiger partial charge is 0.310 e. The van der Waals surface area contributed by atoms with Crippen LogP contribution in [0, 0.1) is 5.92 Å². The second kappa shape index (κ2) is 6.54. The van der Waals surface area contributed by atoms with Gasteiger partial charge in [0.05, 0.1) is 19.1 Å². The number of aromatic nitrogens is 1. The number of hydrogen-bond acceptors (Lipinski definition) is 3. The first-order chi connectivity index (χ1) is 13.3. The van der Waals surface area contributed by atoms with E-state index in [4.69, 9.17) is 4.74 Å². The van der Waals surface area contributed by atoms with Crippen molar-refractivity contribution in [2.45, 2.75) is 25.4 Å². The Balaban J connectivity index is 1.63. The molecule has 0 saturated carbocycles. The minimum atomic E-state index is -0.0725. The number of fused-ring (bicyclic) bond motifs is 5. The molecule has 2 atom stereocenters. The van der Waals surface area contributed by atoms with Gasteiger partial charge in [0, 0.05) is 36.2 Å². The molecule has 3 aromatic rings. The van der Waals surface area contributed by atoms with Crippen LogP contribution in [-0.4, -0.2) is 35.6 Å². The Kier molecular flexibility index (Phi) is 4.01. The van der Waals surface area contributed by atoms with Gasteiger partial charge >= 0.3 is 5.97 Å². The van der Waals surface area contributed by atoms with Gasteiger partial charge in [0.1, 0.15) is 0 Å². The first-order valence-electron chi connectivity index (χ1n) is 9.72. The van der Waals surface area contributed by atoms with E-state index in [0.29, 0.717) is 6.04 Å². The summed E-state index contributed by atoms with van der Waals surface area (Å²) in [4.78, 5) is 14.6. The first kappa shape index (κ1) is 16.6. The normalized spacial score (nSPS) is 21.8. The molecule has 2 aromatic carbocycles. The zero-order valence-electron chi connectivity index (χ0n) is 15.6. The zero-order chi connectivity index (χ0) is 18.4. The summed E-state index contributed by atoms with van der Waals surface area (Å²) in [7, 11) is 1.50. The SMILES string of the molecule is COC(=O)[C@@H]1C[C@@H]2c3c(c4ccccc4n3Cc3ccccc3)CCN2C1. The lowest BCUT2D eigenvalue weighted by atomic mass is 9.96. The van der Waals surface area contributed by atoms with E-state index in [9.17, 15) is 4.79 Å². The fourth-order valence-corrected chi connectivity index (χ4v) is 5.00. The molecule has 0 unspecified atom stereocenters. The second-order valence-corrected chi connectivity index (χ2v) is 7.67. The van der Waals surface area contributed by atoms with Gasteiger partial charge in [-0.15, -0.1) is 0 Å². The molecule has 1 aromatic heterocycles. The maximum atomic E-state index is 12.2. The van der Waals surface area contributed by atoms with Crippen molar-refractivity contribution in [2.24, 2.45) is 5.92 Å². The molecule has 2 aliphatic heterocycles. The summed E-state index contributed by atoms with van der Waals surface area (Å²) in [6.07, 6.45) is 1.90. The van der Waals surface area contributed by atoms with Crippen molar-refractivity contribution in [3.05, 3.63) is 71.4 Å². The van der Waals surface area contributed by atoms with E-state index in [2.05, 4.69) is 64.1 Å². The van der Waals surface area contributed by atoms with Gasteiger partial charge in [-0.25, -0.2) is 0 Å². The summed E-state index contributed by atoms with van der Waals surface area (Å²) in [5.74, 6) is -0.0918. The quantitative estimate of drug-likeness (QED) is 0.667. The molecule has 0 bridgehead atoms. The summed E-state index contributed by atoms with van der Waals surface area (Å²) < 4.78 is 7.52. The van der Waals surface area contributed by atoms with Gasteiger partial charge in [-0.3, -0.25) is 9.69 Å². The number of methoxy groups -OCH3 is 1. The van der Waals surface area contributed by atoms with E-state index < -0.39 is 0 Å². The molecule has 27 heavy (non-hydrogen) atoms. The number of rotatable bonds is 3. The van der Waals surface area contributed by atoms with Gasteiger partial charge in [-0.1, -0.05) is 48.5 Å². The van der Waals surface area contributed by atoms with E-state index in [1.54, 1.807) is 0 Å². The molecule has 4 heteroatoms. The van der Waals surface area contributed by atoms with Crippen LogP contribution >= 0.6 is 0 Å². The average Bonchev–Trinajstić information content (AvgIpc) is 3.28. The van der Waals surface area contributed by atoms with Gasteiger partial charge in [0.25, 0.3) is 0 Å². The number of benzene rings is 2. The molecule has 1 saturated heterocycles. The van der Waals surface area contributed by atoms with Gasteiger partial charge in [0.15, 0.2) is 0 Å². The highest BCUT2D eigenvalue weighted by atomic mass is 16.5. The van der Waals surface area contributed by atoms with Crippen LogP contribution in [0.3, 0.4) is 0 Å². The molecule has 5 rings (SSSR count). The third-order valence-corrected chi connectivity index (χ3v) is 6.21. The Bertz CT molecular complexity index is 992. The van der Waals surface area contributed by atoms with Crippen molar-refractivity contribution < 1.29 is 9.53 Å². The topological polar surface area (TPSA) is 34.5 Å². The van der Waals surface area contributed by atoms with Gasteiger partial charge in [-0.2, -0.15) is 0 Å². The van der Waals surface area contributed by atoms with Crippen LogP contribution in [0.2, 0.25) is 0 Å². The first-order valence-corrected chi connectivity index (χ1v) is 9.72. The molecule has 138 valence electrons. The molecule has 0 amide bonds. The molecule has 1 fully saturated rings. The predicted octanol–water partition coefficient (Wildman–Crippen LogP) is 3.78. The number of esters is 1. The van der Waals surface area contributed by atoms with E-state index in [0.717, 1.165) is 32.5 Å². The third-order valence-electron chi connectivity index (χ3n) is 6.21. The van der Waals surface area contributed by atoms with Crippen LogP contribution in [0.5, 0.6) is 0 Å². The van der Waals surface area contributed by atoms with E-state index in [-0.39, 0.29) is 11.9 Å². The Labute approximate surface area is 159 Å². The van der Waals surface area contributed by atoms with Crippen LogP contribution in [0.4, 0.5) is 0 Å². The Morgan fingerprint density at radius 3 is 2.70 bits per heavy atom. The van der Waals surface area contributed by atoms with Crippen LogP contribution in [0.15, 0.2) is 54.6 Å². The van der Waals surface area contributed by atoms with E-state index in [1.807, 2.05) is 0 Å². The highest BCUT2D eigenvalue weighted by Gasteiger charge is 2.42. The minimum Gasteiger partial charge on any atom is -0.469 e. The molecule has 0 N–H and O–H groups in total. The molecule has 3 heterocycles. The minimum absolute atomic E-state index is 0.0193. The maximum absolute atomic E-state index is 12.2. The summed E-state index contributed by atoms with van der Waals surface area (Å²) in [6.45, 7) is 2.69. The monoisotopic (exact) mass is 360 g/mol. The molecule has 4 nitrogen and oxygen atoms in total. The van der Waals surface area contributed by atoms with Crippen LogP contribution in [0.1, 0.15) is 29.3 Å². The lowest BCUT2D eigenvalue weighted by molar-refractivity contribution is -0.144. The van der Waals surface area contributed by atoms with Crippen LogP contribution < -0.4 is 0 Å². The molecule has 0 spiro atoms. The maximum Gasteiger partial charge on any atom is 0.310 e. The van der Waals surface area contributed by atoms with Crippen molar-refractivity contribution >= 4 is 16.9 Å². The highest BCUT2D eigenvalue weighted by Crippen LogP contribution is 2.44. The summed E-state index contributed by atoms with van der Waals surface area (Å²) in [5.41, 5.74) is 5.47. The number of carbonyl (C=O) groups excluding carboxylic acids is 1. The van der Waals surface area contributed by atoms with Crippen LogP contribution in [-0.2, 0) is 22.5 Å². The Hall–Kier alpha value is -2.59. The van der Waals surface area contributed by atoms with E-state index in [1.165, 1.54) is 34.8 Å². The second-order valence-electron chi connectivity index (χ2n) is 7.67. The molecule has 2 aliphatic rings. The molecular weight excluding hydrogens is 336 g/mol. The lowest BCUT2D eigenvalue weighted by Crippen LogP contribution is -2.33. The fraction of sp³-hybridized carbons (Fsp3) is 0.348. The number of para-hydroxylation sites is 1. The van der Waals surface area contributed by atoms with Crippen molar-refractivity contribution in [3.8, 4) is 0 Å². The number of ether oxygens (including phenoxy) is 1. The van der Waals surface area contributed by atoms with Crippen molar-refractivity contribution in [1.29, 1.82) is 0 Å². The summed E-state index contributed by atoms with van der Waals surface area (Å²) in [6, 6.07) is 19.7. The molecule has 0 aliphatic carbocycles. The fourth-order valence-electron chi connectivity index (χ4n) is 5.00.